The first-order chi connectivity index (χ1) is 15.6. The Balaban J connectivity index is 2.03. The fourth-order valence-corrected chi connectivity index (χ4v) is 5.02. The van der Waals surface area contributed by atoms with Crippen molar-refractivity contribution in [1.29, 1.82) is 0 Å². The molecule has 2 aromatic carbocycles. The van der Waals surface area contributed by atoms with E-state index in [1.165, 1.54) is 19.1 Å². The Morgan fingerprint density at radius 2 is 1.71 bits per heavy atom. The van der Waals surface area contributed by atoms with E-state index in [2.05, 4.69) is 5.32 Å². The fourth-order valence-electron chi connectivity index (χ4n) is 4.16. The van der Waals surface area contributed by atoms with Crippen molar-refractivity contribution in [3.8, 4) is 5.75 Å². The van der Waals surface area contributed by atoms with E-state index in [1.807, 2.05) is 0 Å². The molecule has 0 aliphatic carbocycles. The van der Waals surface area contributed by atoms with Crippen molar-refractivity contribution in [1.82, 2.24) is 0 Å². The van der Waals surface area contributed by atoms with Gasteiger partial charge in [0, 0.05) is 28.4 Å². The van der Waals surface area contributed by atoms with Gasteiger partial charge in [0.2, 0.25) is 5.82 Å². The minimum Gasteiger partial charge on any atom is -0.493 e. The van der Waals surface area contributed by atoms with E-state index in [4.69, 9.17) is 9.47 Å². The average Bonchev–Trinajstić information content (AvgIpc) is 3.02. The van der Waals surface area contributed by atoms with Gasteiger partial charge in [0.15, 0.2) is 17.2 Å². The van der Waals surface area contributed by atoms with Crippen LogP contribution >= 0.6 is 7.14 Å². The third kappa shape index (κ3) is 4.58. The summed E-state index contributed by atoms with van der Waals surface area (Å²) in [5.41, 5.74) is -2.61. The highest BCUT2D eigenvalue weighted by Gasteiger charge is 2.65. The van der Waals surface area contributed by atoms with Gasteiger partial charge in [0.25, 0.3) is 5.91 Å². The van der Waals surface area contributed by atoms with Gasteiger partial charge in [-0.05, 0) is 50.6 Å². The number of hydrogen-bond donors (Lipinski definition) is 1. The van der Waals surface area contributed by atoms with Crippen LogP contribution in [-0.4, -0.2) is 44.2 Å². The lowest BCUT2D eigenvalue weighted by Crippen LogP contribution is -2.47. The zero-order valence-corrected chi connectivity index (χ0v) is 20.1. The van der Waals surface area contributed by atoms with Crippen molar-refractivity contribution in [2.45, 2.75) is 37.6 Å². The Labute approximate surface area is 194 Å². The van der Waals surface area contributed by atoms with Crippen LogP contribution in [0.2, 0.25) is 0 Å². The molecule has 1 saturated heterocycles. The molecule has 0 saturated carbocycles. The molecule has 1 N–H and O–H groups in total. The summed E-state index contributed by atoms with van der Waals surface area (Å²) in [7, 11) is -1.49. The average molecular weight is 505 g/mol. The number of carbonyl (C=O) groups excluding carboxylic acids is 1. The van der Waals surface area contributed by atoms with E-state index < -0.39 is 60.2 Å². The van der Waals surface area contributed by atoms with Crippen LogP contribution in [0.25, 0.3) is 0 Å². The highest BCUT2D eigenvalue weighted by atomic mass is 31.2. The molecule has 0 spiro atoms. The summed E-state index contributed by atoms with van der Waals surface area (Å²) in [6.07, 6.45) is -6.54. The number of ether oxygens (including phenoxy) is 2. The molecule has 5 nitrogen and oxygen atoms in total. The first-order valence-electron chi connectivity index (χ1n) is 10.3. The zero-order chi connectivity index (χ0) is 25.6. The zero-order valence-electron chi connectivity index (χ0n) is 19.2. The van der Waals surface area contributed by atoms with Crippen LogP contribution in [0.15, 0.2) is 36.4 Å². The molecule has 0 radical (unpaired) electrons. The van der Waals surface area contributed by atoms with Crippen LogP contribution in [0.3, 0.4) is 0 Å². The van der Waals surface area contributed by atoms with Gasteiger partial charge in [-0.2, -0.15) is 17.6 Å². The molecule has 4 atom stereocenters. The Morgan fingerprint density at radius 1 is 1.12 bits per heavy atom. The van der Waals surface area contributed by atoms with Crippen LogP contribution in [0.4, 0.5) is 27.6 Å². The molecule has 0 unspecified atom stereocenters. The highest BCUT2D eigenvalue weighted by molar-refractivity contribution is 7.70. The van der Waals surface area contributed by atoms with E-state index in [-0.39, 0.29) is 11.3 Å². The van der Waals surface area contributed by atoms with Crippen LogP contribution in [-0.2, 0) is 14.1 Å². The summed E-state index contributed by atoms with van der Waals surface area (Å²) < 4.78 is 92.6. The van der Waals surface area contributed by atoms with Crippen LogP contribution in [0.5, 0.6) is 5.75 Å². The predicted octanol–water partition coefficient (Wildman–Crippen LogP) is 5.30. The Hall–Kier alpha value is -2.45. The lowest BCUT2D eigenvalue weighted by molar-refractivity contribution is -0.272. The number of amides is 1. The molecule has 1 aliphatic heterocycles. The molecule has 1 fully saturated rings. The molecule has 34 heavy (non-hydrogen) atoms. The Kier molecular flexibility index (Phi) is 6.90. The number of rotatable bonds is 5. The third-order valence-electron chi connectivity index (χ3n) is 6.33. The summed E-state index contributed by atoms with van der Waals surface area (Å²) in [6.45, 7) is 5.21. The second kappa shape index (κ2) is 8.96. The Bertz CT molecular complexity index is 1130. The van der Waals surface area contributed by atoms with Gasteiger partial charge in [0.1, 0.15) is 13.2 Å². The number of benzene rings is 2. The number of carbonyl (C=O) groups is 1. The predicted molar refractivity (Wildman–Crippen MR) is 118 cm³/mol. The maximum atomic E-state index is 14.4. The van der Waals surface area contributed by atoms with E-state index in [0.29, 0.717) is 5.30 Å². The molecule has 0 bridgehead atoms. The normalized spacial score (nSPS) is 25.3. The molecule has 11 heteroatoms. The van der Waals surface area contributed by atoms with E-state index in [9.17, 15) is 31.3 Å². The van der Waals surface area contributed by atoms with Crippen molar-refractivity contribution in [2.75, 3.05) is 25.8 Å². The summed E-state index contributed by atoms with van der Waals surface area (Å²) >= 11 is 0. The first kappa shape index (κ1) is 26.2. The van der Waals surface area contributed by atoms with Gasteiger partial charge >= 0.3 is 6.18 Å². The summed E-state index contributed by atoms with van der Waals surface area (Å²) in [6, 6.07) is 7.90. The highest BCUT2D eigenvalue weighted by Crippen LogP contribution is 2.55. The molecule has 186 valence electrons. The largest absolute Gasteiger partial charge is 0.493 e. The lowest BCUT2D eigenvalue weighted by Gasteiger charge is -2.32. The topological polar surface area (TPSA) is 64.6 Å². The number of hydrogen-bond acceptors (Lipinski definition) is 4. The number of anilines is 1. The SMILES string of the molecule is COc1c([C@H]2[C@H](C(=O)Nc3ccc(P(C)(C)=O)cc3)O[C@@](C)(C(F)(F)F)[C@H]2C)ccc(F)c1F. The minimum atomic E-state index is -4.85. The molecule has 1 heterocycles. The van der Waals surface area contributed by atoms with Gasteiger partial charge in [-0.15, -0.1) is 0 Å². The van der Waals surface area contributed by atoms with Gasteiger partial charge in [0.05, 0.1) is 7.11 Å². The summed E-state index contributed by atoms with van der Waals surface area (Å²) in [4.78, 5) is 13.1. The van der Waals surface area contributed by atoms with Gasteiger partial charge in [-0.3, -0.25) is 4.79 Å². The van der Waals surface area contributed by atoms with Crippen molar-refractivity contribution < 1.29 is 40.8 Å². The maximum Gasteiger partial charge on any atom is 0.417 e. The standard InChI is InChI=1S/C23H25F5NO4P/c1-12-17(15-10-11-16(24)18(25)19(15)32-3)20(33-22(12,2)23(26,27)28)21(30)29-13-6-8-14(9-7-13)34(4,5)31/h6-12,17,20H,1-5H3,(H,29,30)/t12-,17-,20+,22+/m0/s1. The van der Waals surface area contributed by atoms with E-state index in [0.717, 1.165) is 26.2 Å². The van der Waals surface area contributed by atoms with Gasteiger partial charge in [-0.25, -0.2) is 4.39 Å². The maximum absolute atomic E-state index is 14.4. The van der Waals surface area contributed by atoms with Gasteiger partial charge < -0.3 is 19.4 Å². The minimum absolute atomic E-state index is 0.115. The molecule has 1 aliphatic rings. The monoisotopic (exact) mass is 505 g/mol. The molecule has 0 aromatic heterocycles. The number of alkyl halides is 3. The number of halogens is 5. The Morgan fingerprint density at radius 3 is 2.21 bits per heavy atom. The van der Waals surface area contributed by atoms with Crippen molar-refractivity contribution in [2.24, 2.45) is 5.92 Å². The molecule has 3 rings (SSSR count). The summed E-state index contributed by atoms with van der Waals surface area (Å²) in [5.74, 6) is -6.75. The van der Waals surface area contributed by atoms with Crippen molar-refractivity contribution in [3.63, 3.8) is 0 Å². The smallest absolute Gasteiger partial charge is 0.417 e. The van der Waals surface area contributed by atoms with E-state index >= 15 is 0 Å². The molecular weight excluding hydrogens is 480 g/mol. The number of methoxy groups -OCH3 is 1. The third-order valence-corrected chi connectivity index (χ3v) is 7.87. The number of nitrogens with one attached hydrogen (secondary N) is 1. The van der Waals surface area contributed by atoms with Crippen molar-refractivity contribution in [3.05, 3.63) is 53.6 Å². The first-order valence-corrected chi connectivity index (χ1v) is 12.9. The fraction of sp³-hybridized carbons (Fsp3) is 0.435. The quantitative estimate of drug-likeness (QED) is 0.443. The van der Waals surface area contributed by atoms with Crippen LogP contribution in [0, 0.1) is 17.6 Å². The second-order valence-corrected chi connectivity index (χ2v) is 12.0. The lowest BCUT2D eigenvalue weighted by atomic mass is 9.77. The van der Waals surface area contributed by atoms with Gasteiger partial charge in [-0.1, -0.05) is 13.0 Å². The van der Waals surface area contributed by atoms with Crippen LogP contribution in [0.1, 0.15) is 25.3 Å². The second-order valence-electron chi connectivity index (χ2n) is 8.83. The van der Waals surface area contributed by atoms with Crippen LogP contribution < -0.4 is 15.4 Å². The summed E-state index contributed by atoms with van der Waals surface area (Å²) in [5, 5.41) is 3.07. The van der Waals surface area contributed by atoms with E-state index in [1.54, 1.807) is 25.5 Å². The molecule has 2 aromatic rings. The molecule has 1 amide bonds. The van der Waals surface area contributed by atoms with Crippen molar-refractivity contribution >= 4 is 24.0 Å². The molecular formula is C23H25F5NO4P.